The number of Topliss-reactive ketones (excluding diaryl/α,β-unsaturated/α-hetero) is 1. The topological polar surface area (TPSA) is 68.4 Å². The third-order valence-electron chi connectivity index (χ3n) is 4.00. The highest BCUT2D eigenvalue weighted by Gasteiger charge is 2.24. The third-order valence-corrected chi connectivity index (χ3v) is 4.31. The van der Waals surface area contributed by atoms with Crippen LogP contribution in [0.2, 0.25) is 5.02 Å². The van der Waals surface area contributed by atoms with E-state index in [1.54, 1.807) is 31.2 Å². The minimum Gasteiger partial charge on any atom is -0.480 e. The first-order valence-corrected chi connectivity index (χ1v) is 8.53. The Bertz CT molecular complexity index is 963. The molecule has 0 bridgehead atoms. The summed E-state index contributed by atoms with van der Waals surface area (Å²) in [7, 11) is 0. The molecule has 1 atom stereocenters. The van der Waals surface area contributed by atoms with Crippen molar-refractivity contribution in [3.8, 4) is 5.75 Å². The minimum absolute atomic E-state index is 0.258. The van der Waals surface area contributed by atoms with Gasteiger partial charge in [0.15, 0.2) is 12.7 Å². The van der Waals surface area contributed by atoms with Crippen LogP contribution < -0.4 is 4.74 Å². The van der Waals surface area contributed by atoms with E-state index >= 15 is 0 Å². The number of esters is 1. The summed E-state index contributed by atoms with van der Waals surface area (Å²) in [5.74, 6) is -0.508. The molecule has 0 fully saturated rings. The monoisotopic (exact) mass is 371 g/mol. The number of H-pyrrole nitrogens is 1. The fourth-order valence-electron chi connectivity index (χ4n) is 2.78. The van der Waals surface area contributed by atoms with Gasteiger partial charge in [0.2, 0.25) is 5.78 Å². The molecule has 0 saturated heterocycles. The lowest BCUT2D eigenvalue weighted by molar-refractivity contribution is -0.148. The first-order chi connectivity index (χ1) is 12.5. The van der Waals surface area contributed by atoms with Crippen molar-refractivity contribution < 1.29 is 19.1 Å². The molecule has 1 aromatic heterocycles. The molecule has 3 rings (SSSR count). The zero-order valence-corrected chi connectivity index (χ0v) is 15.2. The Morgan fingerprint density at radius 2 is 1.81 bits per heavy atom. The highest BCUT2D eigenvalue weighted by atomic mass is 35.5. The van der Waals surface area contributed by atoms with E-state index in [4.69, 9.17) is 21.1 Å². The third kappa shape index (κ3) is 3.73. The van der Waals surface area contributed by atoms with E-state index < -0.39 is 12.1 Å². The zero-order chi connectivity index (χ0) is 18.7. The second kappa shape index (κ2) is 7.62. The number of aryl methyl sites for hydroxylation is 1. The quantitative estimate of drug-likeness (QED) is 0.517. The summed E-state index contributed by atoms with van der Waals surface area (Å²) in [5.41, 5.74) is 2.15. The lowest BCUT2D eigenvalue weighted by Crippen LogP contribution is -2.27. The van der Waals surface area contributed by atoms with Gasteiger partial charge in [0.1, 0.15) is 5.75 Å². The normalized spacial score (nSPS) is 12.0. The van der Waals surface area contributed by atoms with Gasteiger partial charge in [-0.2, -0.15) is 0 Å². The summed E-state index contributed by atoms with van der Waals surface area (Å²) in [6.07, 6.45) is -0.921. The van der Waals surface area contributed by atoms with E-state index in [-0.39, 0.29) is 12.4 Å². The van der Waals surface area contributed by atoms with Crippen LogP contribution in [0.1, 0.15) is 23.0 Å². The van der Waals surface area contributed by atoms with Crippen LogP contribution in [0.3, 0.4) is 0 Å². The van der Waals surface area contributed by atoms with Crippen molar-refractivity contribution in [1.29, 1.82) is 0 Å². The van der Waals surface area contributed by atoms with Crippen LogP contribution in [0.5, 0.6) is 5.75 Å². The lowest BCUT2D eigenvalue weighted by Gasteiger charge is -2.13. The van der Waals surface area contributed by atoms with Gasteiger partial charge in [0.25, 0.3) is 0 Å². The molecule has 5 nitrogen and oxygen atoms in total. The molecule has 1 heterocycles. The fraction of sp³-hybridized carbons (Fsp3) is 0.200. The number of hydrogen-bond acceptors (Lipinski definition) is 4. The van der Waals surface area contributed by atoms with Crippen molar-refractivity contribution in [2.45, 2.75) is 20.0 Å². The number of carbonyl (C=O) groups is 2. The number of aromatic nitrogens is 1. The molecular formula is C20H18ClNO4. The number of hydrogen-bond donors (Lipinski definition) is 1. The van der Waals surface area contributed by atoms with E-state index in [1.807, 2.05) is 31.2 Å². The van der Waals surface area contributed by atoms with Crippen LogP contribution in [-0.2, 0) is 9.53 Å². The Kier molecular flexibility index (Phi) is 5.28. The second-order valence-corrected chi connectivity index (χ2v) is 6.29. The molecular weight excluding hydrogens is 354 g/mol. The molecule has 3 aromatic rings. The molecule has 1 N–H and O–H groups in total. The number of nitrogens with one attached hydrogen (secondary N) is 1. The average molecular weight is 372 g/mol. The van der Waals surface area contributed by atoms with Crippen molar-refractivity contribution in [3.63, 3.8) is 0 Å². The molecule has 0 amide bonds. The Morgan fingerprint density at radius 3 is 2.58 bits per heavy atom. The summed E-state index contributed by atoms with van der Waals surface area (Å²) in [6, 6.07) is 14.3. The lowest BCUT2D eigenvalue weighted by atomic mass is 10.0. The van der Waals surface area contributed by atoms with Gasteiger partial charge in [-0.1, -0.05) is 41.9 Å². The first-order valence-electron chi connectivity index (χ1n) is 8.15. The number of halogens is 1. The van der Waals surface area contributed by atoms with E-state index in [0.29, 0.717) is 16.3 Å². The van der Waals surface area contributed by atoms with E-state index in [0.717, 1.165) is 16.6 Å². The van der Waals surface area contributed by atoms with Crippen molar-refractivity contribution in [1.82, 2.24) is 4.98 Å². The Morgan fingerprint density at radius 1 is 1.12 bits per heavy atom. The smallest absolute Gasteiger partial charge is 0.344 e. The number of fused-ring (bicyclic) bond motifs is 1. The van der Waals surface area contributed by atoms with Gasteiger partial charge in [-0.05, 0) is 32.0 Å². The van der Waals surface area contributed by atoms with Gasteiger partial charge in [-0.15, -0.1) is 0 Å². The number of ketones is 1. The molecule has 0 unspecified atom stereocenters. The Labute approximate surface area is 155 Å². The standard InChI is InChI=1S/C20H18ClNO4/c1-12-19(14-7-3-5-9-16(14)22-12)20(24)13(2)26-18(23)11-25-17-10-6-4-8-15(17)21/h3-10,13,22H,11H2,1-2H3/t13-/m1/s1. The maximum atomic E-state index is 12.7. The summed E-state index contributed by atoms with van der Waals surface area (Å²) in [5, 5.41) is 1.21. The molecule has 134 valence electrons. The number of ether oxygens (including phenoxy) is 2. The molecule has 0 saturated carbocycles. The van der Waals surface area contributed by atoms with E-state index in [9.17, 15) is 9.59 Å². The van der Waals surface area contributed by atoms with Crippen LogP contribution in [0, 0.1) is 6.92 Å². The largest absolute Gasteiger partial charge is 0.480 e. The van der Waals surface area contributed by atoms with Crippen LogP contribution >= 0.6 is 11.6 Å². The predicted molar refractivity (Wildman–Crippen MR) is 99.9 cm³/mol. The fourth-order valence-corrected chi connectivity index (χ4v) is 2.97. The summed E-state index contributed by atoms with van der Waals surface area (Å²) >= 11 is 5.97. The van der Waals surface area contributed by atoms with Crippen LogP contribution in [-0.4, -0.2) is 29.4 Å². The van der Waals surface area contributed by atoms with Crippen molar-refractivity contribution >= 4 is 34.3 Å². The summed E-state index contributed by atoms with van der Waals surface area (Å²) < 4.78 is 10.6. The maximum Gasteiger partial charge on any atom is 0.344 e. The molecule has 2 aromatic carbocycles. The highest BCUT2D eigenvalue weighted by molar-refractivity contribution is 6.32. The Balaban J connectivity index is 1.66. The van der Waals surface area contributed by atoms with Gasteiger partial charge >= 0.3 is 5.97 Å². The number of aromatic amines is 1. The number of para-hydroxylation sites is 2. The van der Waals surface area contributed by atoms with E-state index in [2.05, 4.69) is 4.98 Å². The molecule has 0 aliphatic carbocycles. The Hall–Kier alpha value is -2.79. The maximum absolute atomic E-state index is 12.7. The van der Waals surface area contributed by atoms with Crippen molar-refractivity contribution in [3.05, 3.63) is 64.8 Å². The van der Waals surface area contributed by atoms with Gasteiger partial charge < -0.3 is 14.5 Å². The molecule has 0 spiro atoms. The SMILES string of the molecule is Cc1[nH]c2ccccc2c1C(=O)[C@@H](C)OC(=O)COc1ccccc1Cl. The van der Waals surface area contributed by atoms with Crippen LogP contribution in [0.4, 0.5) is 0 Å². The number of rotatable bonds is 6. The summed E-state index contributed by atoms with van der Waals surface area (Å²) in [4.78, 5) is 27.9. The average Bonchev–Trinajstić information content (AvgIpc) is 2.96. The minimum atomic E-state index is -0.921. The highest BCUT2D eigenvalue weighted by Crippen LogP contribution is 2.25. The molecule has 26 heavy (non-hydrogen) atoms. The zero-order valence-electron chi connectivity index (χ0n) is 14.4. The number of carbonyl (C=O) groups excluding carboxylic acids is 2. The molecule has 0 aliphatic rings. The van der Waals surface area contributed by atoms with Crippen molar-refractivity contribution in [2.75, 3.05) is 6.61 Å². The molecule has 0 radical (unpaired) electrons. The van der Waals surface area contributed by atoms with Gasteiger partial charge in [-0.25, -0.2) is 4.79 Å². The first kappa shape index (κ1) is 18.0. The van der Waals surface area contributed by atoms with E-state index in [1.165, 1.54) is 0 Å². The predicted octanol–water partition coefficient (Wildman–Crippen LogP) is 4.32. The molecule has 0 aliphatic heterocycles. The van der Waals surface area contributed by atoms with Gasteiger partial charge in [0, 0.05) is 22.2 Å². The van der Waals surface area contributed by atoms with Crippen LogP contribution in [0.15, 0.2) is 48.5 Å². The second-order valence-electron chi connectivity index (χ2n) is 5.89. The van der Waals surface area contributed by atoms with Gasteiger partial charge in [0.05, 0.1) is 5.02 Å². The van der Waals surface area contributed by atoms with Gasteiger partial charge in [-0.3, -0.25) is 4.79 Å². The number of benzene rings is 2. The van der Waals surface area contributed by atoms with Crippen molar-refractivity contribution in [2.24, 2.45) is 0 Å². The van der Waals surface area contributed by atoms with Crippen LogP contribution in [0.25, 0.3) is 10.9 Å². The molecule has 6 heteroatoms. The summed E-state index contributed by atoms with van der Waals surface area (Å²) in [6.45, 7) is 3.05.